The number of fused-ring (bicyclic) bond motifs is 1. The largest absolute Gasteiger partial charge is 0.338 e. The first-order chi connectivity index (χ1) is 13.0. The summed E-state index contributed by atoms with van der Waals surface area (Å²) in [4.78, 5) is 28.4. The molecule has 0 aromatic heterocycles. The molecule has 142 valence electrons. The summed E-state index contributed by atoms with van der Waals surface area (Å²) in [6, 6.07) is 16.3. The van der Waals surface area contributed by atoms with Gasteiger partial charge in [-0.3, -0.25) is 9.59 Å². The molecule has 0 atom stereocenters. The van der Waals surface area contributed by atoms with Gasteiger partial charge in [0, 0.05) is 38.7 Å². The van der Waals surface area contributed by atoms with Gasteiger partial charge in [0.05, 0.1) is 0 Å². The van der Waals surface area contributed by atoms with Crippen molar-refractivity contribution < 1.29 is 9.59 Å². The Morgan fingerprint density at radius 3 is 2.33 bits per heavy atom. The molecule has 0 saturated heterocycles. The number of amides is 2. The Bertz CT molecular complexity index is 811. The average Bonchev–Trinajstić information content (AvgIpc) is 2.67. The van der Waals surface area contributed by atoms with Crippen LogP contribution in [0.15, 0.2) is 48.5 Å². The molecule has 1 heterocycles. The fourth-order valence-electron chi connectivity index (χ4n) is 3.58. The summed E-state index contributed by atoms with van der Waals surface area (Å²) in [5.41, 5.74) is 4.65. The summed E-state index contributed by atoms with van der Waals surface area (Å²) in [6.07, 6.45) is 1.24. The molecule has 2 aromatic carbocycles. The maximum atomic E-state index is 12.7. The van der Waals surface area contributed by atoms with Crippen LogP contribution in [0.25, 0.3) is 0 Å². The van der Waals surface area contributed by atoms with Crippen LogP contribution in [0.1, 0.15) is 49.8 Å². The second-order valence-electron chi connectivity index (χ2n) is 7.50. The second kappa shape index (κ2) is 8.38. The van der Waals surface area contributed by atoms with E-state index >= 15 is 0 Å². The number of nitrogens with zero attached hydrogens (tertiary/aromatic N) is 2. The van der Waals surface area contributed by atoms with Crippen LogP contribution in [0.3, 0.4) is 0 Å². The maximum Gasteiger partial charge on any atom is 0.224 e. The third-order valence-corrected chi connectivity index (χ3v) is 5.28. The fourth-order valence-corrected chi connectivity index (χ4v) is 3.58. The fraction of sp³-hybridized carbons (Fsp3) is 0.391. The van der Waals surface area contributed by atoms with E-state index in [0.29, 0.717) is 25.4 Å². The van der Waals surface area contributed by atoms with Gasteiger partial charge in [-0.25, -0.2) is 0 Å². The minimum Gasteiger partial charge on any atom is -0.338 e. The van der Waals surface area contributed by atoms with E-state index < -0.39 is 0 Å². The molecular formula is C23H28N2O2. The lowest BCUT2D eigenvalue weighted by atomic mass is 10.00. The molecule has 0 saturated carbocycles. The molecule has 0 unspecified atom stereocenters. The van der Waals surface area contributed by atoms with Crippen LogP contribution in [-0.4, -0.2) is 29.8 Å². The summed E-state index contributed by atoms with van der Waals surface area (Å²) >= 11 is 0. The first-order valence-electron chi connectivity index (χ1n) is 9.68. The Labute approximate surface area is 161 Å². The van der Waals surface area contributed by atoms with E-state index in [1.807, 2.05) is 29.2 Å². The number of benzene rings is 2. The minimum absolute atomic E-state index is 0.0379. The molecule has 1 aliphatic heterocycles. The highest BCUT2D eigenvalue weighted by molar-refractivity contribution is 5.92. The Morgan fingerprint density at radius 2 is 1.70 bits per heavy atom. The van der Waals surface area contributed by atoms with Gasteiger partial charge in [0.25, 0.3) is 0 Å². The van der Waals surface area contributed by atoms with E-state index in [1.165, 1.54) is 16.7 Å². The second-order valence-corrected chi connectivity index (χ2v) is 7.50. The summed E-state index contributed by atoms with van der Waals surface area (Å²) in [6.45, 7) is 7.67. The smallest absolute Gasteiger partial charge is 0.224 e. The molecule has 4 nitrogen and oxygen atoms in total. The number of rotatable bonds is 5. The molecule has 0 radical (unpaired) electrons. The zero-order valence-electron chi connectivity index (χ0n) is 16.4. The molecule has 4 heteroatoms. The molecular weight excluding hydrogens is 336 g/mol. The van der Waals surface area contributed by atoms with E-state index in [9.17, 15) is 9.59 Å². The van der Waals surface area contributed by atoms with E-state index in [0.717, 1.165) is 18.7 Å². The molecule has 2 amide bonds. The molecule has 0 bridgehead atoms. The summed E-state index contributed by atoms with van der Waals surface area (Å²) in [5.74, 6) is 0.520. The van der Waals surface area contributed by atoms with Gasteiger partial charge in [-0.1, -0.05) is 50.2 Å². The van der Waals surface area contributed by atoms with Crippen LogP contribution < -0.4 is 4.90 Å². The molecule has 27 heavy (non-hydrogen) atoms. The van der Waals surface area contributed by atoms with E-state index in [-0.39, 0.29) is 11.8 Å². The summed E-state index contributed by atoms with van der Waals surface area (Å²) in [5, 5.41) is 0. The van der Waals surface area contributed by atoms with Crippen molar-refractivity contribution in [2.24, 2.45) is 0 Å². The molecule has 1 aliphatic rings. The van der Waals surface area contributed by atoms with Gasteiger partial charge in [0.2, 0.25) is 11.8 Å². The first kappa shape index (κ1) is 19.2. The number of hydrogen-bond acceptors (Lipinski definition) is 2. The maximum absolute atomic E-state index is 12.7. The zero-order chi connectivity index (χ0) is 19.4. The minimum atomic E-state index is -0.0379. The third kappa shape index (κ3) is 4.57. The van der Waals surface area contributed by atoms with Gasteiger partial charge in [0.1, 0.15) is 0 Å². The van der Waals surface area contributed by atoms with Gasteiger partial charge in [0.15, 0.2) is 0 Å². The van der Waals surface area contributed by atoms with Crippen LogP contribution in [0.2, 0.25) is 0 Å². The average molecular weight is 364 g/mol. The molecule has 0 aliphatic carbocycles. The van der Waals surface area contributed by atoms with Gasteiger partial charge >= 0.3 is 0 Å². The zero-order valence-corrected chi connectivity index (χ0v) is 16.4. The monoisotopic (exact) mass is 364 g/mol. The van der Waals surface area contributed by atoms with Gasteiger partial charge in [-0.05, 0) is 41.2 Å². The van der Waals surface area contributed by atoms with Crippen molar-refractivity contribution >= 4 is 17.5 Å². The number of hydrogen-bond donors (Lipinski definition) is 0. The summed E-state index contributed by atoms with van der Waals surface area (Å²) < 4.78 is 0. The van der Waals surface area contributed by atoms with Crippen LogP contribution >= 0.6 is 0 Å². The van der Waals surface area contributed by atoms with Crippen molar-refractivity contribution in [2.45, 2.75) is 46.1 Å². The first-order valence-corrected chi connectivity index (χ1v) is 9.68. The highest BCUT2D eigenvalue weighted by atomic mass is 16.2. The molecule has 2 aromatic rings. The predicted molar refractivity (Wildman–Crippen MR) is 109 cm³/mol. The number of carbonyl (C=O) groups is 2. The third-order valence-electron chi connectivity index (χ3n) is 5.28. The normalized spacial score (nSPS) is 13.4. The number of anilines is 1. The van der Waals surface area contributed by atoms with Gasteiger partial charge in [-0.2, -0.15) is 0 Å². The van der Waals surface area contributed by atoms with Crippen molar-refractivity contribution in [3.63, 3.8) is 0 Å². The van der Waals surface area contributed by atoms with Crippen LogP contribution in [-0.2, 0) is 22.6 Å². The van der Waals surface area contributed by atoms with Crippen molar-refractivity contribution in [3.05, 3.63) is 65.2 Å². The quantitative estimate of drug-likeness (QED) is 0.800. The highest BCUT2D eigenvalue weighted by Crippen LogP contribution is 2.22. The van der Waals surface area contributed by atoms with Gasteiger partial charge in [-0.15, -0.1) is 0 Å². The number of carbonyl (C=O) groups excluding carboxylic acids is 2. The highest BCUT2D eigenvalue weighted by Gasteiger charge is 2.21. The lowest BCUT2D eigenvalue weighted by Crippen LogP contribution is -2.39. The lowest BCUT2D eigenvalue weighted by Gasteiger charge is -2.30. The SMILES string of the molecule is CC(=O)N(CCC(=O)N1CCc2ccccc2C1)c1ccc(C(C)C)cc1. The van der Waals surface area contributed by atoms with Crippen molar-refractivity contribution in [1.29, 1.82) is 0 Å². The van der Waals surface area contributed by atoms with Crippen LogP contribution in [0.5, 0.6) is 0 Å². The predicted octanol–water partition coefficient (Wildman–Crippen LogP) is 4.14. The lowest BCUT2D eigenvalue weighted by molar-refractivity contribution is -0.131. The Morgan fingerprint density at radius 1 is 1.04 bits per heavy atom. The van der Waals surface area contributed by atoms with Gasteiger partial charge < -0.3 is 9.80 Å². The molecule has 0 spiro atoms. The Hall–Kier alpha value is -2.62. The van der Waals surface area contributed by atoms with E-state index in [2.05, 4.69) is 38.1 Å². The van der Waals surface area contributed by atoms with Crippen molar-refractivity contribution in [2.75, 3.05) is 18.0 Å². The Balaban J connectivity index is 1.63. The van der Waals surface area contributed by atoms with Crippen LogP contribution in [0, 0.1) is 0 Å². The Kier molecular flexibility index (Phi) is 5.94. The molecule has 0 N–H and O–H groups in total. The van der Waals surface area contributed by atoms with E-state index in [1.54, 1.807) is 11.8 Å². The molecule has 3 rings (SSSR count). The molecule has 0 fully saturated rings. The van der Waals surface area contributed by atoms with Crippen molar-refractivity contribution in [1.82, 2.24) is 4.90 Å². The standard InChI is InChI=1S/C23H28N2O2/c1-17(2)19-8-10-22(11-9-19)25(18(3)26)15-13-23(27)24-14-12-20-6-4-5-7-21(20)16-24/h4-11,17H,12-16H2,1-3H3. The summed E-state index contributed by atoms with van der Waals surface area (Å²) in [7, 11) is 0. The van der Waals surface area contributed by atoms with E-state index in [4.69, 9.17) is 0 Å². The van der Waals surface area contributed by atoms with Crippen LogP contribution in [0.4, 0.5) is 5.69 Å². The topological polar surface area (TPSA) is 40.6 Å². The van der Waals surface area contributed by atoms with Crippen molar-refractivity contribution in [3.8, 4) is 0 Å².